The average Bonchev–Trinajstić information content (AvgIpc) is 2.71. The number of anilines is 1. The molecule has 0 saturated heterocycles. The third-order valence-electron chi connectivity index (χ3n) is 4.56. The Morgan fingerprint density at radius 2 is 1.71 bits per heavy atom. The molecule has 2 aromatic carbocycles. The first kappa shape index (κ1) is 19.5. The highest BCUT2D eigenvalue weighted by Gasteiger charge is 2.11. The van der Waals surface area contributed by atoms with Crippen molar-refractivity contribution in [2.24, 2.45) is 0 Å². The third kappa shape index (κ3) is 5.64. The molecular formula is C23H26N4O. The molecule has 3 aromatic rings. The lowest BCUT2D eigenvalue weighted by Crippen LogP contribution is -2.25. The van der Waals surface area contributed by atoms with Crippen LogP contribution in [0.15, 0.2) is 60.7 Å². The lowest BCUT2D eigenvalue weighted by molar-refractivity contribution is 0.0945. The SMILES string of the molecule is Cc1nc(NCCCc2ccccc2)cc(C(=O)NCc2ccccc2C)n1. The Hall–Kier alpha value is -3.21. The standard InChI is InChI=1S/C23H26N4O/c1-17-9-6-7-13-20(17)16-25-23(28)21-15-22(27-18(2)26-21)24-14-8-12-19-10-4-3-5-11-19/h3-7,9-11,13,15H,8,12,14,16H2,1-2H3,(H,25,28)(H,24,26,27). The third-order valence-corrected chi connectivity index (χ3v) is 4.56. The second-order valence-corrected chi connectivity index (χ2v) is 6.81. The van der Waals surface area contributed by atoms with E-state index in [1.165, 1.54) is 5.56 Å². The molecule has 0 aliphatic carbocycles. The van der Waals surface area contributed by atoms with Crippen LogP contribution < -0.4 is 10.6 Å². The van der Waals surface area contributed by atoms with Crippen LogP contribution in [0.1, 0.15) is 39.4 Å². The van der Waals surface area contributed by atoms with Crippen molar-refractivity contribution in [1.82, 2.24) is 15.3 Å². The first-order chi connectivity index (χ1) is 13.6. The highest BCUT2D eigenvalue weighted by Crippen LogP contribution is 2.10. The summed E-state index contributed by atoms with van der Waals surface area (Å²) in [4.78, 5) is 21.2. The molecule has 1 amide bonds. The molecule has 0 fully saturated rings. The summed E-state index contributed by atoms with van der Waals surface area (Å²) < 4.78 is 0. The van der Waals surface area contributed by atoms with Gasteiger partial charge in [-0.05, 0) is 43.4 Å². The highest BCUT2D eigenvalue weighted by molar-refractivity contribution is 5.92. The molecule has 3 rings (SSSR count). The van der Waals surface area contributed by atoms with Crippen LogP contribution in [0.25, 0.3) is 0 Å². The summed E-state index contributed by atoms with van der Waals surface area (Å²) in [5, 5.41) is 6.25. The zero-order valence-corrected chi connectivity index (χ0v) is 16.4. The molecule has 0 unspecified atom stereocenters. The van der Waals surface area contributed by atoms with Gasteiger partial charge in [-0.1, -0.05) is 54.6 Å². The van der Waals surface area contributed by atoms with Crippen LogP contribution in [0.4, 0.5) is 5.82 Å². The second kappa shape index (κ2) is 9.65. The number of aryl methyl sites for hydroxylation is 3. The minimum absolute atomic E-state index is 0.193. The van der Waals surface area contributed by atoms with Crippen LogP contribution in [0, 0.1) is 13.8 Å². The first-order valence-electron chi connectivity index (χ1n) is 9.58. The van der Waals surface area contributed by atoms with Crippen molar-refractivity contribution in [3.63, 3.8) is 0 Å². The molecule has 5 nitrogen and oxygen atoms in total. The van der Waals surface area contributed by atoms with Gasteiger partial charge in [-0.15, -0.1) is 0 Å². The van der Waals surface area contributed by atoms with Gasteiger partial charge in [0.05, 0.1) is 0 Å². The number of rotatable bonds is 8. The molecule has 0 aliphatic heterocycles. The number of amides is 1. The van der Waals surface area contributed by atoms with Gasteiger partial charge < -0.3 is 10.6 Å². The Balaban J connectivity index is 1.54. The molecule has 5 heteroatoms. The highest BCUT2D eigenvalue weighted by atomic mass is 16.1. The van der Waals surface area contributed by atoms with Crippen LogP contribution in [0.5, 0.6) is 0 Å². The van der Waals surface area contributed by atoms with E-state index in [1.807, 2.05) is 37.3 Å². The number of nitrogens with one attached hydrogen (secondary N) is 2. The fourth-order valence-electron chi connectivity index (χ4n) is 3.00. The molecule has 28 heavy (non-hydrogen) atoms. The lowest BCUT2D eigenvalue weighted by Gasteiger charge is -2.10. The van der Waals surface area contributed by atoms with E-state index < -0.39 is 0 Å². The number of benzene rings is 2. The van der Waals surface area contributed by atoms with Crippen molar-refractivity contribution in [3.05, 3.63) is 88.9 Å². The van der Waals surface area contributed by atoms with Crippen LogP contribution in [0.3, 0.4) is 0 Å². The van der Waals surface area contributed by atoms with Gasteiger partial charge in [0, 0.05) is 19.2 Å². The molecule has 144 valence electrons. The first-order valence-corrected chi connectivity index (χ1v) is 9.58. The van der Waals surface area contributed by atoms with Crippen LogP contribution in [-0.2, 0) is 13.0 Å². The Morgan fingerprint density at radius 1 is 0.964 bits per heavy atom. The minimum Gasteiger partial charge on any atom is -0.370 e. The molecule has 0 atom stereocenters. The monoisotopic (exact) mass is 374 g/mol. The summed E-state index contributed by atoms with van der Waals surface area (Å²) in [6.07, 6.45) is 1.99. The molecule has 0 saturated carbocycles. The van der Waals surface area contributed by atoms with Gasteiger partial charge in [-0.25, -0.2) is 9.97 Å². The summed E-state index contributed by atoms with van der Waals surface area (Å²) in [5.74, 6) is 1.07. The number of nitrogens with zero attached hydrogens (tertiary/aromatic N) is 2. The maximum Gasteiger partial charge on any atom is 0.270 e. The molecule has 0 aliphatic rings. The fraction of sp³-hybridized carbons (Fsp3) is 0.261. The second-order valence-electron chi connectivity index (χ2n) is 6.81. The number of carbonyl (C=O) groups is 1. The van der Waals surface area contributed by atoms with Crippen LogP contribution >= 0.6 is 0 Å². The lowest BCUT2D eigenvalue weighted by atomic mass is 10.1. The molecular weight excluding hydrogens is 348 g/mol. The summed E-state index contributed by atoms with van der Waals surface area (Å²) in [6, 6.07) is 20.1. The predicted octanol–water partition coefficient (Wildman–Crippen LogP) is 4.07. The summed E-state index contributed by atoms with van der Waals surface area (Å²) >= 11 is 0. The maximum atomic E-state index is 12.5. The Morgan fingerprint density at radius 3 is 2.50 bits per heavy atom. The van der Waals surface area contributed by atoms with Gasteiger partial charge in [0.15, 0.2) is 0 Å². The zero-order valence-electron chi connectivity index (χ0n) is 16.4. The molecule has 2 N–H and O–H groups in total. The van der Waals surface area contributed by atoms with E-state index >= 15 is 0 Å². The van der Waals surface area contributed by atoms with Gasteiger partial charge in [0.25, 0.3) is 5.91 Å². The molecule has 1 heterocycles. The number of hydrogen-bond donors (Lipinski definition) is 2. The van der Waals surface area contributed by atoms with E-state index in [4.69, 9.17) is 0 Å². The molecule has 1 aromatic heterocycles. The van der Waals surface area contributed by atoms with Gasteiger partial charge in [-0.2, -0.15) is 0 Å². The zero-order chi connectivity index (χ0) is 19.8. The molecule has 0 bridgehead atoms. The van der Waals surface area contributed by atoms with Crippen LogP contribution in [-0.4, -0.2) is 22.4 Å². The quantitative estimate of drug-likeness (QED) is 0.583. The van der Waals surface area contributed by atoms with Crippen molar-refractivity contribution in [3.8, 4) is 0 Å². The van der Waals surface area contributed by atoms with Gasteiger partial charge in [0.1, 0.15) is 17.3 Å². The van der Waals surface area contributed by atoms with Crippen molar-refractivity contribution in [2.45, 2.75) is 33.2 Å². The number of hydrogen-bond acceptors (Lipinski definition) is 4. The Bertz CT molecular complexity index is 925. The van der Waals surface area contributed by atoms with Crippen molar-refractivity contribution < 1.29 is 4.79 Å². The predicted molar refractivity (Wildman–Crippen MR) is 112 cm³/mol. The van der Waals surface area contributed by atoms with E-state index in [0.29, 0.717) is 23.9 Å². The molecule has 0 spiro atoms. The van der Waals surface area contributed by atoms with Gasteiger partial charge in [0.2, 0.25) is 0 Å². The smallest absolute Gasteiger partial charge is 0.270 e. The van der Waals surface area contributed by atoms with Crippen molar-refractivity contribution in [1.29, 1.82) is 0 Å². The van der Waals surface area contributed by atoms with E-state index in [-0.39, 0.29) is 5.91 Å². The van der Waals surface area contributed by atoms with Crippen LogP contribution in [0.2, 0.25) is 0 Å². The average molecular weight is 374 g/mol. The number of aromatic nitrogens is 2. The summed E-state index contributed by atoms with van der Waals surface area (Å²) in [7, 11) is 0. The van der Waals surface area contributed by atoms with E-state index in [9.17, 15) is 4.79 Å². The van der Waals surface area contributed by atoms with Gasteiger partial charge >= 0.3 is 0 Å². The normalized spacial score (nSPS) is 10.5. The van der Waals surface area contributed by atoms with Crippen molar-refractivity contribution >= 4 is 11.7 Å². The number of carbonyl (C=O) groups excluding carboxylic acids is 1. The van der Waals surface area contributed by atoms with Crippen molar-refractivity contribution in [2.75, 3.05) is 11.9 Å². The fourth-order valence-corrected chi connectivity index (χ4v) is 3.00. The van der Waals surface area contributed by atoms with E-state index in [0.717, 1.165) is 30.5 Å². The molecule has 0 radical (unpaired) electrons. The van der Waals surface area contributed by atoms with E-state index in [2.05, 4.69) is 44.9 Å². The minimum atomic E-state index is -0.193. The largest absolute Gasteiger partial charge is 0.370 e. The van der Waals surface area contributed by atoms with Gasteiger partial charge in [-0.3, -0.25) is 4.79 Å². The van der Waals surface area contributed by atoms with E-state index in [1.54, 1.807) is 13.0 Å². The summed E-state index contributed by atoms with van der Waals surface area (Å²) in [5.41, 5.74) is 3.95. The maximum absolute atomic E-state index is 12.5. The Kier molecular flexibility index (Phi) is 6.73. The topological polar surface area (TPSA) is 66.9 Å². The summed E-state index contributed by atoms with van der Waals surface area (Å²) in [6.45, 7) is 5.10. The Labute approximate surface area is 166 Å².